The third-order valence-electron chi connectivity index (χ3n) is 2.32. The van der Waals surface area contributed by atoms with Gasteiger partial charge in [-0.15, -0.1) is 0 Å². The Morgan fingerprint density at radius 1 is 1.00 bits per heavy atom. The zero-order valence-corrected chi connectivity index (χ0v) is 11.2. The third kappa shape index (κ3) is 3.29. The van der Waals surface area contributed by atoms with Gasteiger partial charge in [-0.25, -0.2) is 0 Å². The van der Waals surface area contributed by atoms with Gasteiger partial charge in [0.1, 0.15) is 0 Å². The van der Waals surface area contributed by atoms with Crippen molar-refractivity contribution in [1.29, 1.82) is 0 Å². The van der Waals surface area contributed by atoms with E-state index in [-0.39, 0.29) is 25.6 Å². The topological polar surface area (TPSA) is 43.1 Å². The molecule has 90 valence electrons. The molecule has 0 fully saturated rings. The van der Waals surface area contributed by atoms with E-state index in [9.17, 15) is 10.1 Å². The van der Waals surface area contributed by atoms with Crippen LogP contribution in [0.4, 0.5) is 0 Å². The molecule has 0 amide bonds. The fourth-order valence-electron chi connectivity index (χ4n) is 1.45. The summed E-state index contributed by atoms with van der Waals surface area (Å²) < 4.78 is 1.13. The standard InChI is InChI=1S/C14H11NO2Se/c16-15(17)14(12-7-3-1-4-8-12)11-18-13-9-5-2-6-10-13/h1-11H/b14-11+. The summed E-state index contributed by atoms with van der Waals surface area (Å²) in [4.78, 5) is 12.5. The fraction of sp³-hybridized carbons (Fsp3) is 0. The fourth-order valence-corrected chi connectivity index (χ4v) is 3.09. The molecular weight excluding hydrogens is 293 g/mol. The Morgan fingerprint density at radius 3 is 2.11 bits per heavy atom. The summed E-state index contributed by atoms with van der Waals surface area (Å²) in [6.07, 6.45) is 0. The monoisotopic (exact) mass is 305 g/mol. The van der Waals surface area contributed by atoms with Crippen LogP contribution in [0, 0.1) is 10.1 Å². The van der Waals surface area contributed by atoms with Crippen LogP contribution in [0.2, 0.25) is 0 Å². The Morgan fingerprint density at radius 2 is 1.56 bits per heavy atom. The van der Waals surface area contributed by atoms with Crippen molar-refractivity contribution < 1.29 is 4.92 Å². The van der Waals surface area contributed by atoms with E-state index in [1.54, 1.807) is 17.1 Å². The molecule has 0 N–H and O–H groups in total. The summed E-state index contributed by atoms with van der Waals surface area (Å²) in [5.74, 6) is 0. The van der Waals surface area contributed by atoms with Crippen LogP contribution in [0.1, 0.15) is 5.56 Å². The molecule has 0 spiro atoms. The first-order chi connectivity index (χ1) is 8.77. The summed E-state index contributed by atoms with van der Waals surface area (Å²) >= 11 is -0.0283. The number of hydrogen-bond donors (Lipinski definition) is 0. The molecular formula is C14H11NO2Se. The third-order valence-corrected chi connectivity index (χ3v) is 4.17. The van der Waals surface area contributed by atoms with Crippen LogP contribution >= 0.6 is 0 Å². The van der Waals surface area contributed by atoms with Crippen LogP contribution in [-0.4, -0.2) is 19.9 Å². The van der Waals surface area contributed by atoms with E-state index in [1.807, 2.05) is 48.5 Å². The average Bonchev–Trinajstić information content (AvgIpc) is 2.41. The maximum absolute atomic E-state index is 11.1. The summed E-state index contributed by atoms with van der Waals surface area (Å²) in [5, 5.41) is 11.1. The zero-order valence-electron chi connectivity index (χ0n) is 9.52. The van der Waals surface area contributed by atoms with Crippen LogP contribution in [0.3, 0.4) is 0 Å². The first-order valence-electron chi connectivity index (χ1n) is 5.39. The molecule has 0 unspecified atom stereocenters. The molecule has 4 heteroatoms. The normalized spacial score (nSPS) is 11.2. The summed E-state index contributed by atoms with van der Waals surface area (Å²) in [5.41, 5.74) is 0.833. The Hall–Kier alpha value is -1.90. The van der Waals surface area contributed by atoms with E-state index in [0.29, 0.717) is 5.56 Å². The Bertz CT molecular complexity index is 553. The predicted octanol–water partition coefficient (Wildman–Crippen LogP) is 2.29. The van der Waals surface area contributed by atoms with Crippen LogP contribution in [-0.2, 0) is 0 Å². The van der Waals surface area contributed by atoms with Gasteiger partial charge in [0.15, 0.2) is 0 Å². The summed E-state index contributed by atoms with van der Waals surface area (Å²) in [6.45, 7) is 0. The molecule has 0 heterocycles. The molecule has 18 heavy (non-hydrogen) atoms. The molecule has 2 rings (SSSR count). The second kappa shape index (κ2) is 6.15. The van der Waals surface area contributed by atoms with Gasteiger partial charge in [0.2, 0.25) is 0 Å². The van der Waals surface area contributed by atoms with Gasteiger partial charge in [0.25, 0.3) is 0 Å². The van der Waals surface area contributed by atoms with Crippen molar-refractivity contribution in [2.24, 2.45) is 0 Å². The number of rotatable bonds is 4. The van der Waals surface area contributed by atoms with Gasteiger partial charge in [-0.3, -0.25) is 0 Å². The Balaban J connectivity index is 2.24. The van der Waals surface area contributed by atoms with Crippen molar-refractivity contribution >= 4 is 25.1 Å². The quantitative estimate of drug-likeness (QED) is 0.494. The Kier molecular flexibility index (Phi) is 4.29. The van der Waals surface area contributed by atoms with Crippen molar-refractivity contribution in [3.63, 3.8) is 0 Å². The average molecular weight is 304 g/mol. The van der Waals surface area contributed by atoms with Gasteiger partial charge in [-0.05, 0) is 0 Å². The van der Waals surface area contributed by atoms with E-state index in [4.69, 9.17) is 0 Å². The summed E-state index contributed by atoms with van der Waals surface area (Å²) in [6, 6.07) is 18.8. The van der Waals surface area contributed by atoms with Gasteiger partial charge in [0.05, 0.1) is 0 Å². The van der Waals surface area contributed by atoms with Gasteiger partial charge in [0, 0.05) is 0 Å². The first kappa shape index (κ1) is 12.6. The second-order valence-electron chi connectivity index (χ2n) is 3.56. The van der Waals surface area contributed by atoms with Crippen molar-refractivity contribution in [2.75, 3.05) is 0 Å². The van der Waals surface area contributed by atoms with E-state index in [2.05, 4.69) is 0 Å². The molecule has 0 aromatic heterocycles. The van der Waals surface area contributed by atoms with Crippen molar-refractivity contribution in [1.82, 2.24) is 0 Å². The molecule has 0 saturated carbocycles. The van der Waals surface area contributed by atoms with E-state index in [1.165, 1.54) is 0 Å². The SMILES string of the molecule is O=[N+]([O-])/C(=C/[Se]c1ccccc1)c1ccccc1. The van der Waals surface area contributed by atoms with Crippen LogP contribution in [0.5, 0.6) is 0 Å². The second-order valence-corrected chi connectivity index (χ2v) is 5.54. The molecule has 2 aromatic carbocycles. The molecule has 0 aliphatic carbocycles. The van der Waals surface area contributed by atoms with Gasteiger partial charge >= 0.3 is 111 Å². The number of benzene rings is 2. The van der Waals surface area contributed by atoms with Crippen molar-refractivity contribution in [2.45, 2.75) is 0 Å². The predicted molar refractivity (Wildman–Crippen MR) is 73.2 cm³/mol. The zero-order chi connectivity index (χ0) is 12.8. The molecule has 0 atom stereocenters. The van der Waals surface area contributed by atoms with Crippen LogP contribution < -0.4 is 4.46 Å². The minimum atomic E-state index is -0.319. The number of hydrogen-bond acceptors (Lipinski definition) is 2. The molecule has 0 bridgehead atoms. The van der Waals surface area contributed by atoms with Gasteiger partial charge in [-0.1, -0.05) is 0 Å². The van der Waals surface area contributed by atoms with Crippen molar-refractivity contribution in [3.05, 3.63) is 81.3 Å². The number of nitro groups is 1. The molecule has 0 aliphatic heterocycles. The van der Waals surface area contributed by atoms with Crippen LogP contribution in [0.15, 0.2) is 65.6 Å². The van der Waals surface area contributed by atoms with Crippen molar-refractivity contribution in [3.8, 4) is 0 Å². The Labute approximate surface area is 111 Å². The molecule has 3 nitrogen and oxygen atoms in total. The van der Waals surface area contributed by atoms with E-state index < -0.39 is 0 Å². The maximum atomic E-state index is 11.1. The molecule has 0 aliphatic rings. The van der Waals surface area contributed by atoms with E-state index in [0.717, 1.165) is 4.46 Å². The molecule has 0 radical (unpaired) electrons. The number of nitrogens with zero attached hydrogens (tertiary/aromatic N) is 1. The summed E-state index contributed by atoms with van der Waals surface area (Å²) in [7, 11) is 0. The molecule has 2 aromatic rings. The molecule has 0 saturated heterocycles. The first-order valence-corrected chi connectivity index (χ1v) is 7.23. The van der Waals surface area contributed by atoms with E-state index >= 15 is 0 Å². The van der Waals surface area contributed by atoms with Gasteiger partial charge < -0.3 is 0 Å². The minimum absolute atomic E-state index is 0.0283. The van der Waals surface area contributed by atoms with Crippen LogP contribution in [0.25, 0.3) is 5.70 Å². The van der Waals surface area contributed by atoms with Gasteiger partial charge in [-0.2, -0.15) is 0 Å².